The molecule has 168 valence electrons. The van der Waals surface area contributed by atoms with Gasteiger partial charge in [-0.15, -0.1) is 10.2 Å². The van der Waals surface area contributed by atoms with Gasteiger partial charge in [-0.25, -0.2) is 9.97 Å². The summed E-state index contributed by atoms with van der Waals surface area (Å²) in [6.07, 6.45) is 3.48. The summed E-state index contributed by atoms with van der Waals surface area (Å²) in [7, 11) is 0. The molecule has 1 aliphatic rings. The monoisotopic (exact) mass is 455 g/mol. The molecule has 1 saturated heterocycles. The summed E-state index contributed by atoms with van der Waals surface area (Å²) in [6, 6.07) is 5.87. The van der Waals surface area contributed by atoms with Crippen molar-refractivity contribution in [1.29, 1.82) is 0 Å². The highest BCUT2D eigenvalue weighted by molar-refractivity contribution is 6.31. The normalized spacial score (nSPS) is 19.0. The van der Waals surface area contributed by atoms with Crippen LogP contribution in [0.15, 0.2) is 30.6 Å². The van der Waals surface area contributed by atoms with Gasteiger partial charge in [0.25, 0.3) is 0 Å². The molecular weight excluding hydrogens is 430 g/mol. The summed E-state index contributed by atoms with van der Waals surface area (Å²) in [6.45, 7) is 7.08. The number of pyridine rings is 2. The van der Waals surface area contributed by atoms with E-state index in [9.17, 15) is 4.79 Å². The average Bonchev–Trinajstić information content (AvgIpc) is 3.42. The number of tetrazole rings is 1. The molecule has 5 heterocycles. The molecule has 0 spiro atoms. The van der Waals surface area contributed by atoms with E-state index in [0.29, 0.717) is 23.9 Å². The first-order chi connectivity index (χ1) is 15.4. The second kappa shape index (κ2) is 7.86. The van der Waals surface area contributed by atoms with Gasteiger partial charge in [-0.1, -0.05) is 11.6 Å². The van der Waals surface area contributed by atoms with E-state index >= 15 is 0 Å². The third-order valence-corrected chi connectivity index (χ3v) is 6.00. The van der Waals surface area contributed by atoms with Crippen LogP contribution in [0.25, 0.3) is 33.7 Å². The molecule has 4 aromatic rings. The molecule has 1 aliphatic heterocycles. The SMILES string of the molecule is CC(=O)N1[C@H](C)CN(c2cc(-c3nn[nH]n3)cc(-c3c[nH]c4ncc(Cl)cc34)n2)C[C@@H]1C.[HH].[HH]. The van der Waals surface area contributed by atoms with Gasteiger partial charge in [0.1, 0.15) is 11.5 Å². The highest BCUT2D eigenvalue weighted by Gasteiger charge is 2.32. The number of aromatic amines is 2. The molecule has 0 bridgehead atoms. The Bertz CT molecular complexity index is 1280. The Morgan fingerprint density at radius 1 is 1.22 bits per heavy atom. The molecule has 1 fully saturated rings. The van der Waals surface area contributed by atoms with Crippen LogP contribution in [-0.2, 0) is 4.79 Å². The highest BCUT2D eigenvalue weighted by atomic mass is 35.5. The maximum Gasteiger partial charge on any atom is 0.220 e. The number of fused-ring (bicyclic) bond motifs is 1. The lowest BCUT2D eigenvalue weighted by Crippen LogP contribution is -2.58. The van der Waals surface area contributed by atoms with Crippen LogP contribution >= 0.6 is 11.6 Å². The number of carbonyl (C=O) groups excluding carboxylic acids is 1. The van der Waals surface area contributed by atoms with Gasteiger partial charge in [0.05, 0.1) is 10.7 Å². The minimum absolute atomic E-state index is 0. The van der Waals surface area contributed by atoms with Crippen LogP contribution in [0.2, 0.25) is 5.02 Å². The van der Waals surface area contributed by atoms with Crippen molar-refractivity contribution in [2.24, 2.45) is 0 Å². The summed E-state index contributed by atoms with van der Waals surface area (Å²) < 4.78 is 0. The predicted octanol–water partition coefficient (Wildman–Crippen LogP) is 3.40. The third-order valence-electron chi connectivity index (χ3n) is 5.80. The number of halogens is 1. The zero-order valence-corrected chi connectivity index (χ0v) is 18.6. The smallest absolute Gasteiger partial charge is 0.220 e. The fourth-order valence-corrected chi connectivity index (χ4v) is 4.71. The summed E-state index contributed by atoms with van der Waals surface area (Å²) in [5, 5.41) is 15.9. The summed E-state index contributed by atoms with van der Waals surface area (Å²) in [5.41, 5.74) is 3.14. The molecule has 0 aliphatic carbocycles. The number of piperazine rings is 1. The van der Waals surface area contributed by atoms with Gasteiger partial charge >= 0.3 is 0 Å². The Labute approximate surface area is 192 Å². The molecule has 2 N–H and O–H groups in total. The molecule has 1 amide bonds. The van der Waals surface area contributed by atoms with Crippen molar-refractivity contribution >= 4 is 34.4 Å². The standard InChI is InChI=1S/C21H22ClN9O.2H2/c1-11-9-30(10-12(2)31(11)13(3)32)19-5-14(20-26-28-29-27-20)4-18(25-19)17-8-24-21-16(17)6-15(22)7-23-21;;/h4-8,11-12H,9-10H2,1-3H3,(H,23,24)(H,26,27,28,29);2*1H/t11-,12+;;. The number of carbonyl (C=O) groups is 1. The van der Waals surface area contributed by atoms with E-state index in [0.717, 1.165) is 33.7 Å². The fraction of sp³-hybridized carbons (Fsp3) is 0.333. The molecule has 10 nitrogen and oxygen atoms in total. The summed E-state index contributed by atoms with van der Waals surface area (Å²) >= 11 is 6.20. The number of hydrogen-bond donors (Lipinski definition) is 2. The van der Waals surface area contributed by atoms with Gasteiger partial charge < -0.3 is 14.8 Å². The number of amides is 1. The van der Waals surface area contributed by atoms with E-state index in [1.807, 2.05) is 29.3 Å². The first-order valence-corrected chi connectivity index (χ1v) is 10.7. The molecule has 5 rings (SSSR count). The number of anilines is 1. The van der Waals surface area contributed by atoms with Crippen LogP contribution in [0.4, 0.5) is 5.82 Å². The van der Waals surface area contributed by atoms with Crippen molar-refractivity contribution in [3.8, 4) is 22.6 Å². The number of aromatic nitrogens is 7. The van der Waals surface area contributed by atoms with E-state index in [2.05, 4.69) is 49.3 Å². The fourth-order valence-electron chi connectivity index (χ4n) is 4.55. The Balaban J connectivity index is 0.00000162. The minimum Gasteiger partial charge on any atom is -0.352 e. The first-order valence-electron chi connectivity index (χ1n) is 10.3. The molecule has 0 radical (unpaired) electrons. The van der Waals surface area contributed by atoms with Crippen molar-refractivity contribution in [2.75, 3.05) is 18.0 Å². The van der Waals surface area contributed by atoms with Crippen LogP contribution in [0.5, 0.6) is 0 Å². The van der Waals surface area contributed by atoms with Crippen LogP contribution in [0.3, 0.4) is 0 Å². The quantitative estimate of drug-likeness (QED) is 0.485. The molecule has 2 atom stereocenters. The van der Waals surface area contributed by atoms with E-state index in [1.54, 1.807) is 13.1 Å². The van der Waals surface area contributed by atoms with E-state index in [4.69, 9.17) is 16.6 Å². The van der Waals surface area contributed by atoms with Crippen molar-refractivity contribution in [2.45, 2.75) is 32.9 Å². The molecule has 4 aromatic heterocycles. The minimum atomic E-state index is 0. The lowest BCUT2D eigenvalue weighted by Gasteiger charge is -2.44. The summed E-state index contributed by atoms with van der Waals surface area (Å²) in [5.74, 6) is 1.35. The van der Waals surface area contributed by atoms with Crippen molar-refractivity contribution in [3.05, 3.63) is 35.6 Å². The number of H-pyrrole nitrogens is 2. The van der Waals surface area contributed by atoms with Crippen molar-refractivity contribution in [1.82, 2.24) is 40.5 Å². The number of hydrogen-bond acceptors (Lipinski definition) is 7. The third kappa shape index (κ3) is 3.56. The maximum absolute atomic E-state index is 12.1. The molecule has 32 heavy (non-hydrogen) atoms. The Morgan fingerprint density at radius 3 is 2.69 bits per heavy atom. The Morgan fingerprint density at radius 2 is 2.00 bits per heavy atom. The second-order valence-corrected chi connectivity index (χ2v) is 8.55. The lowest BCUT2D eigenvalue weighted by atomic mass is 10.1. The topological polar surface area (TPSA) is 120 Å². The van der Waals surface area contributed by atoms with Crippen molar-refractivity contribution in [3.63, 3.8) is 0 Å². The van der Waals surface area contributed by atoms with Gasteiger partial charge in [-0.3, -0.25) is 4.79 Å². The Kier molecular flexibility index (Phi) is 5.01. The molecule has 11 heteroatoms. The lowest BCUT2D eigenvalue weighted by molar-refractivity contribution is -0.133. The number of nitrogens with one attached hydrogen (secondary N) is 2. The zero-order valence-electron chi connectivity index (χ0n) is 17.9. The van der Waals surface area contributed by atoms with Crippen LogP contribution in [-0.4, -0.2) is 71.6 Å². The molecule has 0 aromatic carbocycles. The number of nitrogens with zero attached hydrogens (tertiary/aromatic N) is 7. The van der Waals surface area contributed by atoms with Gasteiger partial charge in [0, 0.05) is 63.9 Å². The van der Waals surface area contributed by atoms with Gasteiger partial charge in [-0.2, -0.15) is 5.21 Å². The summed E-state index contributed by atoms with van der Waals surface area (Å²) in [4.78, 5) is 28.7. The van der Waals surface area contributed by atoms with Gasteiger partial charge in [-0.05, 0) is 37.3 Å². The predicted molar refractivity (Wildman–Crippen MR) is 125 cm³/mol. The average molecular weight is 456 g/mol. The van der Waals surface area contributed by atoms with E-state index in [-0.39, 0.29) is 20.8 Å². The maximum atomic E-state index is 12.1. The van der Waals surface area contributed by atoms with Crippen LogP contribution in [0, 0.1) is 0 Å². The highest BCUT2D eigenvalue weighted by Crippen LogP contribution is 2.33. The largest absolute Gasteiger partial charge is 0.352 e. The van der Waals surface area contributed by atoms with E-state index in [1.165, 1.54) is 0 Å². The Hall–Kier alpha value is -3.53. The van der Waals surface area contributed by atoms with Gasteiger partial charge in [0.15, 0.2) is 0 Å². The van der Waals surface area contributed by atoms with Crippen LogP contribution < -0.4 is 4.90 Å². The zero-order chi connectivity index (χ0) is 22.4. The van der Waals surface area contributed by atoms with Crippen LogP contribution in [0.1, 0.15) is 23.6 Å². The first kappa shape index (κ1) is 20.4. The molecular formula is C21H26ClN9O. The van der Waals surface area contributed by atoms with Crippen molar-refractivity contribution < 1.29 is 7.65 Å². The number of rotatable bonds is 3. The van der Waals surface area contributed by atoms with Gasteiger partial charge in [0.2, 0.25) is 11.7 Å². The van der Waals surface area contributed by atoms with E-state index < -0.39 is 0 Å². The second-order valence-electron chi connectivity index (χ2n) is 8.12. The molecule has 0 saturated carbocycles. The molecule has 0 unspecified atom stereocenters.